The van der Waals surface area contributed by atoms with Crippen molar-refractivity contribution in [3.63, 3.8) is 0 Å². The quantitative estimate of drug-likeness (QED) is 0.249. The van der Waals surface area contributed by atoms with E-state index >= 15 is 0 Å². The van der Waals surface area contributed by atoms with E-state index < -0.39 is 5.97 Å². The minimum absolute atomic E-state index is 0.201. The van der Waals surface area contributed by atoms with Gasteiger partial charge in [0.2, 0.25) is 16.9 Å². The normalized spacial score (nSPS) is 14.3. The number of anilines is 2. The molecule has 1 saturated heterocycles. The van der Waals surface area contributed by atoms with Gasteiger partial charge in [-0.15, -0.1) is 0 Å². The lowest BCUT2D eigenvalue weighted by Gasteiger charge is -2.29. The molecule has 3 aromatic rings. The Hall–Kier alpha value is -3.65. The highest BCUT2D eigenvalue weighted by Crippen LogP contribution is 2.33. The van der Waals surface area contributed by atoms with Crippen LogP contribution in [0.2, 0.25) is 0 Å². The Balaban J connectivity index is 1.73. The van der Waals surface area contributed by atoms with Crippen LogP contribution in [-0.2, 0) is 21.3 Å². The zero-order valence-corrected chi connectivity index (χ0v) is 19.4. The van der Waals surface area contributed by atoms with Gasteiger partial charge in [-0.05, 0) is 24.3 Å². The van der Waals surface area contributed by atoms with Crippen molar-refractivity contribution < 1.29 is 23.6 Å². The fraction of sp³-hybridized carbons (Fsp3) is 0.320. The maximum atomic E-state index is 12.7. The number of hydrogen-bond donors (Lipinski definition) is 0. The average Bonchev–Trinajstić information content (AvgIpc) is 2.87. The third-order valence-corrected chi connectivity index (χ3v) is 5.84. The number of hydrazone groups is 1. The first-order chi connectivity index (χ1) is 16.0. The highest BCUT2D eigenvalue weighted by molar-refractivity contribution is 6.42. The Morgan fingerprint density at radius 3 is 2.58 bits per heavy atom. The molecule has 33 heavy (non-hydrogen) atoms. The van der Waals surface area contributed by atoms with Crippen LogP contribution >= 0.6 is 0 Å². The Bertz CT molecular complexity index is 1190. The van der Waals surface area contributed by atoms with E-state index in [0.29, 0.717) is 24.7 Å². The zero-order valence-electron chi connectivity index (χ0n) is 19.4. The third-order valence-electron chi connectivity index (χ3n) is 5.84. The highest BCUT2D eigenvalue weighted by atomic mass is 16.5. The maximum Gasteiger partial charge on any atom is 0.365 e. The first kappa shape index (κ1) is 22.5. The number of rotatable bonds is 6. The number of carbonyl (C=O) groups excluding carboxylic acids is 1. The molecule has 1 fully saturated rings. The minimum Gasteiger partial charge on any atom is -0.494 e. The fourth-order valence-corrected chi connectivity index (χ4v) is 4.03. The number of hydrogen-bond acceptors (Lipinski definition) is 7. The maximum absolute atomic E-state index is 12.7. The molecule has 0 radical (unpaired) electrons. The van der Waals surface area contributed by atoms with E-state index in [4.69, 9.17) is 14.2 Å². The average molecular weight is 450 g/mol. The molecule has 2 heterocycles. The number of pyridine rings is 1. The molecule has 0 amide bonds. The summed E-state index contributed by atoms with van der Waals surface area (Å²) in [5.41, 5.74) is 3.63. The molecular formula is C25H29N4O4+. The lowest BCUT2D eigenvalue weighted by Crippen LogP contribution is -2.40. The molecule has 0 bridgehead atoms. The SMILES string of the molecule is COC(=O)C(=NN(C)c1ccc(N2CCOCC2)cc1OC)c1ccc2ccccc2[n+]1C. The van der Waals surface area contributed by atoms with Crippen molar-refractivity contribution >= 4 is 34.0 Å². The second-order valence-electron chi connectivity index (χ2n) is 7.76. The number of nitrogens with zero attached hydrogens (tertiary/aromatic N) is 4. The van der Waals surface area contributed by atoms with Gasteiger partial charge >= 0.3 is 5.97 Å². The molecule has 0 spiro atoms. The molecule has 1 aliphatic heterocycles. The number of para-hydroxylation sites is 1. The summed E-state index contributed by atoms with van der Waals surface area (Å²) in [5.74, 6) is 0.147. The Morgan fingerprint density at radius 1 is 1.09 bits per heavy atom. The van der Waals surface area contributed by atoms with Gasteiger partial charge in [0, 0.05) is 49.4 Å². The van der Waals surface area contributed by atoms with E-state index in [-0.39, 0.29) is 5.71 Å². The molecule has 0 N–H and O–H groups in total. The Morgan fingerprint density at radius 2 is 1.85 bits per heavy atom. The Kier molecular flexibility index (Phi) is 6.74. The molecule has 0 atom stereocenters. The fourth-order valence-electron chi connectivity index (χ4n) is 4.03. The lowest BCUT2D eigenvalue weighted by molar-refractivity contribution is -0.646. The van der Waals surface area contributed by atoms with E-state index in [0.717, 1.165) is 35.4 Å². The third kappa shape index (κ3) is 4.61. The smallest absolute Gasteiger partial charge is 0.365 e. The van der Waals surface area contributed by atoms with Crippen LogP contribution in [-0.4, -0.2) is 59.3 Å². The van der Waals surface area contributed by atoms with Crippen LogP contribution in [0.15, 0.2) is 59.7 Å². The van der Waals surface area contributed by atoms with Crippen molar-refractivity contribution in [3.05, 3.63) is 60.3 Å². The summed E-state index contributed by atoms with van der Waals surface area (Å²) < 4.78 is 18.1. The minimum atomic E-state index is -0.517. The first-order valence-corrected chi connectivity index (χ1v) is 10.8. The van der Waals surface area contributed by atoms with Gasteiger partial charge in [0.25, 0.3) is 0 Å². The standard InChI is InChI=1S/C25H29N4O4/c1-27-20-8-6-5-7-18(20)9-11-22(27)24(25(30)32-4)26-28(2)21-12-10-19(17-23(21)31-3)29-13-15-33-16-14-29/h5-12,17H,13-16H2,1-4H3/q+1. The first-order valence-electron chi connectivity index (χ1n) is 10.8. The van der Waals surface area contributed by atoms with Gasteiger partial charge in [-0.2, -0.15) is 9.67 Å². The lowest BCUT2D eigenvalue weighted by atomic mass is 10.1. The number of ether oxygens (including phenoxy) is 3. The molecule has 8 nitrogen and oxygen atoms in total. The largest absolute Gasteiger partial charge is 0.494 e. The molecular weight excluding hydrogens is 420 g/mol. The van der Waals surface area contributed by atoms with Crippen molar-refractivity contribution in [3.8, 4) is 5.75 Å². The van der Waals surface area contributed by atoms with Crippen molar-refractivity contribution in [1.82, 2.24) is 0 Å². The second-order valence-corrected chi connectivity index (χ2v) is 7.76. The molecule has 1 aliphatic rings. The van der Waals surface area contributed by atoms with Crippen LogP contribution in [0.3, 0.4) is 0 Å². The molecule has 2 aromatic carbocycles. The molecule has 8 heteroatoms. The van der Waals surface area contributed by atoms with Gasteiger partial charge in [0.05, 0.1) is 27.4 Å². The Labute approximate surface area is 193 Å². The molecule has 0 unspecified atom stereocenters. The van der Waals surface area contributed by atoms with Crippen LogP contribution in [0.25, 0.3) is 10.9 Å². The summed E-state index contributed by atoms with van der Waals surface area (Å²) in [6.45, 7) is 3.09. The molecule has 0 aliphatic carbocycles. The summed E-state index contributed by atoms with van der Waals surface area (Å²) in [4.78, 5) is 15.0. The number of aromatic nitrogens is 1. The van der Waals surface area contributed by atoms with Crippen molar-refractivity contribution in [2.75, 3.05) is 57.5 Å². The number of aryl methyl sites for hydroxylation is 1. The summed E-state index contributed by atoms with van der Waals surface area (Å²) in [7, 11) is 6.69. The monoisotopic (exact) mass is 449 g/mol. The predicted molar refractivity (Wildman–Crippen MR) is 128 cm³/mol. The summed E-state index contributed by atoms with van der Waals surface area (Å²) in [6.07, 6.45) is 0. The van der Waals surface area contributed by atoms with Crippen LogP contribution in [0, 0.1) is 0 Å². The highest BCUT2D eigenvalue weighted by Gasteiger charge is 2.26. The topological polar surface area (TPSA) is 67.5 Å². The number of morpholine rings is 1. The molecule has 172 valence electrons. The summed E-state index contributed by atoms with van der Waals surface area (Å²) in [6, 6.07) is 17.8. The van der Waals surface area contributed by atoms with Crippen molar-refractivity contribution in [2.24, 2.45) is 12.1 Å². The van der Waals surface area contributed by atoms with Gasteiger partial charge in [0.1, 0.15) is 18.5 Å². The van der Waals surface area contributed by atoms with E-state index in [1.807, 2.05) is 66.2 Å². The second kappa shape index (κ2) is 9.87. The van der Waals surface area contributed by atoms with Gasteiger partial charge in [-0.3, -0.25) is 5.01 Å². The van der Waals surface area contributed by atoms with Crippen molar-refractivity contribution in [2.45, 2.75) is 0 Å². The summed E-state index contributed by atoms with van der Waals surface area (Å²) in [5, 5.41) is 7.36. The number of carbonyl (C=O) groups is 1. The number of fused-ring (bicyclic) bond motifs is 1. The van der Waals surface area contributed by atoms with E-state index in [9.17, 15) is 4.79 Å². The number of benzene rings is 2. The van der Waals surface area contributed by atoms with E-state index in [1.54, 1.807) is 19.2 Å². The van der Waals surface area contributed by atoms with E-state index in [2.05, 4.69) is 10.0 Å². The van der Waals surface area contributed by atoms with Crippen LogP contribution in [0.1, 0.15) is 5.69 Å². The predicted octanol–water partition coefficient (Wildman–Crippen LogP) is 2.52. The van der Waals surface area contributed by atoms with Gasteiger partial charge in [0.15, 0.2) is 0 Å². The summed E-state index contributed by atoms with van der Waals surface area (Å²) >= 11 is 0. The van der Waals surface area contributed by atoms with E-state index in [1.165, 1.54) is 7.11 Å². The molecule has 4 rings (SSSR count). The van der Waals surface area contributed by atoms with Gasteiger partial charge in [-0.25, -0.2) is 4.79 Å². The molecule has 1 aromatic heterocycles. The number of methoxy groups -OCH3 is 2. The van der Waals surface area contributed by atoms with Crippen molar-refractivity contribution in [1.29, 1.82) is 0 Å². The van der Waals surface area contributed by atoms with Gasteiger partial charge < -0.3 is 19.1 Å². The van der Waals surface area contributed by atoms with Crippen LogP contribution < -0.4 is 19.2 Å². The molecule has 0 saturated carbocycles. The number of esters is 1. The zero-order chi connectivity index (χ0) is 23.4. The van der Waals surface area contributed by atoms with Gasteiger partial charge in [-0.1, -0.05) is 12.1 Å². The van der Waals surface area contributed by atoms with Crippen LogP contribution in [0.4, 0.5) is 11.4 Å². The van der Waals surface area contributed by atoms with Crippen LogP contribution in [0.5, 0.6) is 5.75 Å².